The Bertz CT molecular complexity index is 1600. The number of phenols is 1. The minimum absolute atomic E-state index is 0.000300. The summed E-state index contributed by atoms with van der Waals surface area (Å²) >= 11 is 5.88. The molecule has 0 aliphatic rings. The van der Waals surface area contributed by atoms with Crippen molar-refractivity contribution in [1.29, 1.82) is 0 Å². The third-order valence-electron chi connectivity index (χ3n) is 6.24. The van der Waals surface area contributed by atoms with Crippen LogP contribution in [0.15, 0.2) is 90.0 Å². The van der Waals surface area contributed by atoms with E-state index in [0.29, 0.717) is 22.8 Å². The standard InChI is InChI=1S/C31H29ClN4O6/c1-2-42-36(40)17-16-35(20-22-8-4-3-5-9-22)30(38)21-41-29-15-13-24(25-10-6-7-11-26(25)29)19-33-34-31(39)23-12-14-28(37)27(32)18-23/h3-15,18-19H,2,16-17,20-21H2,1H3,(H-,34,37,39)/p+1. The van der Waals surface area contributed by atoms with E-state index in [1.54, 1.807) is 24.0 Å². The van der Waals surface area contributed by atoms with Crippen LogP contribution in [0.25, 0.3) is 10.8 Å². The third-order valence-corrected chi connectivity index (χ3v) is 6.55. The molecule has 0 aromatic heterocycles. The summed E-state index contributed by atoms with van der Waals surface area (Å²) in [6, 6.07) is 24.6. The first-order chi connectivity index (χ1) is 20.4. The van der Waals surface area contributed by atoms with Gasteiger partial charge >= 0.3 is 0 Å². The van der Waals surface area contributed by atoms with Crippen LogP contribution in [0.3, 0.4) is 0 Å². The van der Waals surface area contributed by atoms with Crippen molar-refractivity contribution in [1.82, 2.24) is 10.3 Å². The van der Waals surface area contributed by atoms with Gasteiger partial charge in [0.1, 0.15) is 11.5 Å². The van der Waals surface area contributed by atoms with E-state index in [2.05, 4.69) is 10.5 Å². The lowest BCUT2D eigenvalue weighted by molar-refractivity contribution is -0.801. The zero-order valence-electron chi connectivity index (χ0n) is 22.9. The van der Waals surface area contributed by atoms with E-state index in [1.165, 1.54) is 24.4 Å². The average Bonchev–Trinajstić information content (AvgIpc) is 3.00. The van der Waals surface area contributed by atoms with Crippen molar-refractivity contribution >= 4 is 40.4 Å². The molecule has 216 valence electrons. The number of aromatic hydroxyl groups is 1. The highest BCUT2D eigenvalue weighted by molar-refractivity contribution is 6.32. The van der Waals surface area contributed by atoms with Crippen molar-refractivity contribution < 1.29 is 29.2 Å². The highest BCUT2D eigenvalue weighted by Gasteiger charge is 2.20. The van der Waals surface area contributed by atoms with E-state index in [-0.39, 0.29) is 48.5 Å². The average molecular weight is 590 g/mol. The van der Waals surface area contributed by atoms with Crippen molar-refractivity contribution in [3.05, 3.63) is 112 Å². The highest BCUT2D eigenvalue weighted by atomic mass is 35.5. The normalized spacial score (nSPS) is 10.9. The molecule has 0 spiro atoms. The molecule has 0 saturated heterocycles. The zero-order valence-corrected chi connectivity index (χ0v) is 23.7. The van der Waals surface area contributed by atoms with Crippen LogP contribution in [0.4, 0.5) is 0 Å². The largest absolute Gasteiger partial charge is 0.506 e. The Hall–Kier alpha value is -4.96. The molecule has 0 aliphatic carbocycles. The van der Waals surface area contributed by atoms with E-state index in [0.717, 1.165) is 16.3 Å². The Morgan fingerprint density at radius 3 is 2.50 bits per heavy atom. The van der Waals surface area contributed by atoms with Crippen molar-refractivity contribution in [3.8, 4) is 11.5 Å². The second-order valence-corrected chi connectivity index (χ2v) is 9.53. The zero-order chi connectivity index (χ0) is 29.9. The molecule has 10 nitrogen and oxygen atoms in total. The summed E-state index contributed by atoms with van der Waals surface area (Å²) in [7, 11) is 0. The van der Waals surface area contributed by atoms with Crippen molar-refractivity contribution in [3.63, 3.8) is 0 Å². The van der Waals surface area contributed by atoms with E-state index in [9.17, 15) is 19.6 Å². The second-order valence-electron chi connectivity index (χ2n) is 9.13. The fraction of sp³-hybridized carbons (Fsp3) is 0.194. The lowest BCUT2D eigenvalue weighted by atomic mass is 10.0. The van der Waals surface area contributed by atoms with Crippen molar-refractivity contribution in [2.24, 2.45) is 5.10 Å². The number of amides is 2. The maximum atomic E-state index is 13.2. The number of hydrogen-bond acceptors (Lipinski definition) is 7. The summed E-state index contributed by atoms with van der Waals surface area (Å²) in [4.78, 5) is 44.5. The molecule has 2 N–H and O–H groups in total. The van der Waals surface area contributed by atoms with Crippen LogP contribution in [0.5, 0.6) is 11.5 Å². The Balaban J connectivity index is 1.45. The van der Waals surface area contributed by atoms with Gasteiger partial charge in [-0.05, 0) is 48.2 Å². The maximum Gasteiger partial charge on any atom is 0.271 e. The Morgan fingerprint density at radius 2 is 1.76 bits per heavy atom. The number of carbonyl (C=O) groups is 2. The van der Waals surface area contributed by atoms with Crippen LogP contribution < -0.4 is 10.2 Å². The minimum atomic E-state index is -0.489. The molecule has 0 bridgehead atoms. The Kier molecular flexibility index (Phi) is 10.4. The Morgan fingerprint density at radius 1 is 1.02 bits per heavy atom. The predicted octanol–water partition coefficient (Wildman–Crippen LogP) is 5.10. The van der Waals surface area contributed by atoms with Crippen LogP contribution in [0.2, 0.25) is 5.02 Å². The highest BCUT2D eigenvalue weighted by Crippen LogP contribution is 2.28. The molecule has 4 aromatic rings. The van der Waals surface area contributed by atoms with Gasteiger partial charge in [-0.3, -0.25) is 9.59 Å². The van der Waals surface area contributed by atoms with E-state index >= 15 is 0 Å². The lowest BCUT2D eigenvalue weighted by Crippen LogP contribution is -2.38. The summed E-state index contributed by atoms with van der Waals surface area (Å²) in [5.74, 6) is -0.391. The monoisotopic (exact) mass is 589 g/mol. The summed E-state index contributed by atoms with van der Waals surface area (Å²) in [5.41, 5.74) is 4.33. The summed E-state index contributed by atoms with van der Waals surface area (Å²) < 4.78 is 5.97. The number of hydrazone groups is 1. The number of phenolic OH excluding ortho intramolecular Hbond substituents is 1. The molecule has 11 heteroatoms. The summed E-state index contributed by atoms with van der Waals surface area (Å²) in [6.07, 6.45) is 1.51. The quantitative estimate of drug-likeness (QED) is 0.165. The molecule has 2 amide bonds. The number of nitrogens with one attached hydrogen (secondary N) is 1. The molecule has 0 fully saturated rings. The lowest BCUT2D eigenvalue weighted by Gasteiger charge is -2.21. The number of fused-ring (bicyclic) bond motifs is 1. The van der Waals surface area contributed by atoms with Crippen LogP contribution >= 0.6 is 11.6 Å². The molecular formula is C31H30ClN4O6+. The number of carbonyl (C=O) groups excluding carboxylic acids is 2. The number of ether oxygens (including phenoxy) is 1. The minimum Gasteiger partial charge on any atom is -0.506 e. The van der Waals surface area contributed by atoms with Gasteiger partial charge in [-0.25, -0.2) is 10.3 Å². The molecule has 0 atom stereocenters. The van der Waals surface area contributed by atoms with Gasteiger partial charge in [0.2, 0.25) is 4.92 Å². The van der Waals surface area contributed by atoms with Gasteiger partial charge in [0.15, 0.2) is 13.2 Å². The predicted molar refractivity (Wildman–Crippen MR) is 160 cm³/mol. The molecule has 4 rings (SSSR count). The molecule has 0 unspecified atom stereocenters. The van der Waals surface area contributed by atoms with Gasteiger partial charge in [-0.15, -0.1) is 0 Å². The molecule has 0 heterocycles. The van der Waals surface area contributed by atoms with E-state index in [1.807, 2.05) is 54.6 Å². The fourth-order valence-corrected chi connectivity index (χ4v) is 4.32. The summed E-state index contributed by atoms with van der Waals surface area (Å²) in [5, 5.41) is 15.2. The van der Waals surface area contributed by atoms with E-state index in [4.69, 9.17) is 21.2 Å². The van der Waals surface area contributed by atoms with Crippen LogP contribution in [0.1, 0.15) is 28.4 Å². The van der Waals surface area contributed by atoms with E-state index < -0.39 is 5.91 Å². The van der Waals surface area contributed by atoms with Gasteiger partial charge < -0.3 is 14.7 Å². The van der Waals surface area contributed by atoms with Gasteiger partial charge in [0.05, 0.1) is 22.7 Å². The van der Waals surface area contributed by atoms with Gasteiger partial charge in [0, 0.05) is 23.1 Å². The van der Waals surface area contributed by atoms with Crippen LogP contribution in [-0.2, 0) is 16.2 Å². The first-order valence-corrected chi connectivity index (χ1v) is 13.6. The SMILES string of the molecule is CCO[N+](=O)CCN(Cc1ccccc1)C(=O)COc1ccc(C=NNC(=O)c2ccc(O)c(Cl)c2)c2ccccc12. The first-order valence-electron chi connectivity index (χ1n) is 13.2. The number of rotatable bonds is 13. The van der Waals surface area contributed by atoms with Crippen molar-refractivity contribution in [2.75, 3.05) is 26.3 Å². The molecule has 42 heavy (non-hydrogen) atoms. The van der Waals surface area contributed by atoms with Crippen molar-refractivity contribution in [2.45, 2.75) is 13.5 Å². The number of benzene rings is 4. The Labute approximate surface area is 247 Å². The molecule has 0 radical (unpaired) electrons. The van der Waals surface area contributed by atoms with Crippen LogP contribution in [-0.4, -0.2) is 59.3 Å². The second kappa shape index (κ2) is 14.6. The number of nitrogens with zero attached hydrogens (tertiary/aromatic N) is 3. The molecule has 0 saturated carbocycles. The van der Waals surface area contributed by atoms with Gasteiger partial charge in [0.25, 0.3) is 18.4 Å². The van der Waals surface area contributed by atoms with Gasteiger partial charge in [-0.1, -0.05) is 66.2 Å². The van der Waals surface area contributed by atoms with Gasteiger partial charge in [-0.2, -0.15) is 5.10 Å². The maximum absolute atomic E-state index is 13.2. The third kappa shape index (κ3) is 8.05. The molecule has 0 aliphatic heterocycles. The molecular weight excluding hydrogens is 560 g/mol. The smallest absolute Gasteiger partial charge is 0.271 e. The first kappa shape index (κ1) is 30.0. The molecule has 4 aromatic carbocycles. The summed E-state index contributed by atoms with van der Waals surface area (Å²) in [6.45, 7) is 2.21. The number of hydrogen-bond donors (Lipinski definition) is 2. The fourth-order valence-electron chi connectivity index (χ4n) is 4.14. The topological polar surface area (TPSA) is 121 Å². The van der Waals surface area contributed by atoms with Crippen LogP contribution in [0, 0.1) is 4.91 Å². The number of halogens is 1.